The van der Waals surface area contributed by atoms with E-state index in [9.17, 15) is 0 Å². The second-order valence-electron chi connectivity index (χ2n) is 2.41. The summed E-state index contributed by atoms with van der Waals surface area (Å²) in [5, 5.41) is 0. The minimum Gasteiger partial charge on any atom is -0.400 e. The number of hydrogen-bond acceptors (Lipinski definition) is 3. The normalized spacial score (nSPS) is 12.1. The number of terminal acetylenes is 1. The van der Waals surface area contributed by atoms with Crippen LogP contribution in [-0.4, -0.2) is 16.3 Å². The lowest BCUT2D eigenvalue weighted by atomic mass is 10.3. The quantitative estimate of drug-likeness (QED) is 0.640. The van der Waals surface area contributed by atoms with Crippen LogP contribution in [0.4, 0.5) is 0 Å². The molecule has 0 spiro atoms. The number of aromatic nitrogens is 2. The van der Waals surface area contributed by atoms with Crippen LogP contribution < -0.4 is 10.6 Å². The van der Waals surface area contributed by atoms with E-state index in [4.69, 9.17) is 17.0 Å². The van der Waals surface area contributed by atoms with E-state index in [1.54, 1.807) is 6.20 Å². The molecule has 1 heterocycles. The van der Waals surface area contributed by atoms with Crippen LogP contribution in [0.1, 0.15) is 18.7 Å². The molecular formula is C8H11N3O. The van der Waals surface area contributed by atoms with Crippen molar-refractivity contribution in [2.24, 2.45) is 5.73 Å². The highest BCUT2D eigenvalue weighted by Gasteiger charge is 2.06. The average Bonchev–Trinajstić information content (AvgIpc) is 2.48. The number of rotatable bonds is 3. The zero-order valence-electron chi connectivity index (χ0n) is 6.90. The van der Waals surface area contributed by atoms with Gasteiger partial charge >= 0.3 is 0 Å². The Hall–Kier alpha value is -1.47. The van der Waals surface area contributed by atoms with Gasteiger partial charge in [0.05, 0.1) is 11.9 Å². The summed E-state index contributed by atoms with van der Waals surface area (Å²) in [6.07, 6.45) is 8.22. The first-order valence-electron chi connectivity index (χ1n) is 3.60. The molecule has 0 fully saturated rings. The van der Waals surface area contributed by atoms with Crippen molar-refractivity contribution in [2.45, 2.75) is 13.0 Å². The van der Waals surface area contributed by atoms with Crippen molar-refractivity contribution in [2.75, 3.05) is 6.61 Å². The SMILES string of the molecule is C#CCOn1cncc1C(C)N. The van der Waals surface area contributed by atoms with Crippen LogP contribution in [0.5, 0.6) is 0 Å². The van der Waals surface area contributed by atoms with Gasteiger partial charge in [0.25, 0.3) is 0 Å². The van der Waals surface area contributed by atoms with Crippen LogP contribution in [0.2, 0.25) is 0 Å². The molecule has 4 heteroatoms. The topological polar surface area (TPSA) is 53.1 Å². The molecule has 1 unspecified atom stereocenters. The zero-order valence-corrected chi connectivity index (χ0v) is 6.90. The largest absolute Gasteiger partial charge is 0.400 e. The number of nitrogens with two attached hydrogens (primary N) is 1. The maximum atomic E-state index is 5.64. The number of imidazole rings is 1. The second-order valence-corrected chi connectivity index (χ2v) is 2.41. The maximum absolute atomic E-state index is 5.64. The minimum atomic E-state index is -0.106. The summed E-state index contributed by atoms with van der Waals surface area (Å²) in [7, 11) is 0. The lowest BCUT2D eigenvalue weighted by molar-refractivity contribution is 0.129. The summed E-state index contributed by atoms with van der Waals surface area (Å²) in [6, 6.07) is -0.106. The molecule has 0 aliphatic carbocycles. The molecule has 12 heavy (non-hydrogen) atoms. The van der Waals surface area contributed by atoms with Gasteiger partial charge < -0.3 is 10.6 Å². The molecule has 0 aromatic carbocycles. The van der Waals surface area contributed by atoms with Crippen molar-refractivity contribution in [3.63, 3.8) is 0 Å². The van der Waals surface area contributed by atoms with Gasteiger partial charge in [-0.25, -0.2) is 4.98 Å². The molecule has 0 saturated carbocycles. The van der Waals surface area contributed by atoms with Gasteiger partial charge in [0.15, 0.2) is 6.61 Å². The van der Waals surface area contributed by atoms with Crippen molar-refractivity contribution in [3.05, 3.63) is 18.2 Å². The molecule has 1 aromatic heterocycles. The minimum absolute atomic E-state index is 0.106. The molecule has 4 nitrogen and oxygen atoms in total. The Morgan fingerprint density at radius 1 is 1.92 bits per heavy atom. The van der Waals surface area contributed by atoms with Gasteiger partial charge in [0, 0.05) is 6.04 Å². The summed E-state index contributed by atoms with van der Waals surface area (Å²) < 4.78 is 1.49. The van der Waals surface area contributed by atoms with E-state index in [1.165, 1.54) is 11.1 Å². The monoisotopic (exact) mass is 165 g/mol. The first kappa shape index (κ1) is 8.62. The molecule has 0 aliphatic heterocycles. The predicted octanol–water partition coefficient (Wildman–Crippen LogP) is -0.0354. The fraction of sp³-hybridized carbons (Fsp3) is 0.375. The fourth-order valence-corrected chi connectivity index (χ4v) is 0.827. The molecule has 64 valence electrons. The molecule has 0 saturated heterocycles. The van der Waals surface area contributed by atoms with Gasteiger partial charge in [0.2, 0.25) is 0 Å². The maximum Gasteiger partial charge on any atom is 0.175 e. The van der Waals surface area contributed by atoms with Crippen molar-refractivity contribution < 1.29 is 4.84 Å². The van der Waals surface area contributed by atoms with Crippen LogP contribution in [0.15, 0.2) is 12.5 Å². The van der Waals surface area contributed by atoms with Gasteiger partial charge in [-0.1, -0.05) is 5.92 Å². The first-order chi connectivity index (χ1) is 5.75. The number of nitrogens with zero attached hydrogens (tertiary/aromatic N) is 2. The van der Waals surface area contributed by atoms with E-state index < -0.39 is 0 Å². The molecule has 0 amide bonds. The highest BCUT2D eigenvalue weighted by Crippen LogP contribution is 2.05. The smallest absolute Gasteiger partial charge is 0.175 e. The Kier molecular flexibility index (Phi) is 2.72. The molecule has 0 aliphatic rings. The van der Waals surface area contributed by atoms with Crippen LogP contribution in [0.3, 0.4) is 0 Å². The van der Waals surface area contributed by atoms with Crippen LogP contribution >= 0.6 is 0 Å². The van der Waals surface area contributed by atoms with Crippen molar-refractivity contribution >= 4 is 0 Å². The van der Waals surface area contributed by atoms with Gasteiger partial charge in [-0.2, -0.15) is 4.73 Å². The Morgan fingerprint density at radius 2 is 2.67 bits per heavy atom. The van der Waals surface area contributed by atoms with E-state index in [-0.39, 0.29) is 12.6 Å². The summed E-state index contributed by atoms with van der Waals surface area (Å²) in [4.78, 5) is 9.01. The highest BCUT2D eigenvalue weighted by molar-refractivity contribution is 5.01. The molecule has 0 radical (unpaired) electrons. The summed E-state index contributed by atoms with van der Waals surface area (Å²) in [5.74, 6) is 2.36. The molecule has 1 rings (SSSR count). The fourth-order valence-electron chi connectivity index (χ4n) is 0.827. The Bertz CT molecular complexity index is 285. The van der Waals surface area contributed by atoms with Gasteiger partial charge in [0.1, 0.15) is 6.33 Å². The predicted molar refractivity (Wildman–Crippen MR) is 45.1 cm³/mol. The van der Waals surface area contributed by atoms with E-state index >= 15 is 0 Å². The van der Waals surface area contributed by atoms with Crippen molar-refractivity contribution in [1.82, 2.24) is 9.71 Å². The molecule has 0 bridgehead atoms. The molecular weight excluding hydrogens is 154 g/mol. The highest BCUT2D eigenvalue weighted by atomic mass is 16.7. The van der Waals surface area contributed by atoms with Crippen LogP contribution in [0, 0.1) is 12.3 Å². The third kappa shape index (κ3) is 1.77. The van der Waals surface area contributed by atoms with Crippen LogP contribution in [0.25, 0.3) is 0 Å². The van der Waals surface area contributed by atoms with Gasteiger partial charge in [-0.15, -0.1) is 6.42 Å². The Labute approximate surface area is 71.3 Å². The van der Waals surface area contributed by atoms with Crippen LogP contribution in [-0.2, 0) is 0 Å². The van der Waals surface area contributed by atoms with E-state index in [1.807, 2.05) is 6.92 Å². The van der Waals surface area contributed by atoms with E-state index in [0.717, 1.165) is 5.69 Å². The zero-order chi connectivity index (χ0) is 8.97. The van der Waals surface area contributed by atoms with E-state index in [2.05, 4.69) is 10.9 Å². The van der Waals surface area contributed by atoms with Crippen molar-refractivity contribution in [1.29, 1.82) is 0 Å². The molecule has 2 N–H and O–H groups in total. The average molecular weight is 165 g/mol. The summed E-state index contributed by atoms with van der Waals surface area (Å²) in [6.45, 7) is 2.07. The standard InChI is InChI=1S/C8H11N3O/c1-3-4-12-11-6-10-5-8(11)7(2)9/h1,5-7H,4,9H2,2H3. The van der Waals surface area contributed by atoms with Crippen molar-refractivity contribution in [3.8, 4) is 12.3 Å². The van der Waals surface area contributed by atoms with Gasteiger partial charge in [-0.3, -0.25) is 0 Å². The molecule has 1 aromatic rings. The summed E-state index contributed by atoms with van der Waals surface area (Å²) >= 11 is 0. The second kappa shape index (κ2) is 3.79. The lowest BCUT2D eigenvalue weighted by Gasteiger charge is -2.09. The van der Waals surface area contributed by atoms with Gasteiger partial charge in [-0.05, 0) is 6.92 Å². The third-order valence-corrected chi connectivity index (χ3v) is 1.39. The number of hydrogen-bond donors (Lipinski definition) is 1. The lowest BCUT2D eigenvalue weighted by Crippen LogP contribution is -2.18. The third-order valence-electron chi connectivity index (χ3n) is 1.39. The first-order valence-corrected chi connectivity index (χ1v) is 3.60. The Balaban J connectivity index is 2.72. The Morgan fingerprint density at radius 3 is 3.25 bits per heavy atom. The summed E-state index contributed by atoms with van der Waals surface area (Å²) in [5.41, 5.74) is 6.45. The molecule has 1 atom stereocenters. The van der Waals surface area contributed by atoms with E-state index in [0.29, 0.717) is 0 Å².